The van der Waals surface area contributed by atoms with E-state index < -0.39 is 0 Å². The zero-order valence-electron chi connectivity index (χ0n) is 16.2. The van der Waals surface area contributed by atoms with Gasteiger partial charge in [0.05, 0.1) is 11.4 Å². The fourth-order valence-electron chi connectivity index (χ4n) is 3.15. The predicted molar refractivity (Wildman–Crippen MR) is 111 cm³/mol. The minimum absolute atomic E-state index is 0.219. The number of aryl methyl sites for hydroxylation is 2. The van der Waals surface area contributed by atoms with Crippen molar-refractivity contribution in [1.82, 2.24) is 20.3 Å². The van der Waals surface area contributed by atoms with E-state index in [1.165, 1.54) is 5.56 Å². The maximum absolute atomic E-state index is 12.3. The van der Waals surface area contributed by atoms with Crippen molar-refractivity contribution in [3.63, 3.8) is 0 Å². The van der Waals surface area contributed by atoms with E-state index in [1.807, 2.05) is 72.3 Å². The summed E-state index contributed by atoms with van der Waals surface area (Å²) < 4.78 is 7.08. The third-order valence-electron chi connectivity index (χ3n) is 4.73. The second-order valence-corrected chi connectivity index (χ2v) is 6.82. The van der Waals surface area contributed by atoms with Crippen molar-refractivity contribution < 1.29 is 9.32 Å². The molecule has 0 unspecified atom stereocenters. The monoisotopic (exact) mass is 386 g/mol. The number of aromatic nitrogens is 3. The fraction of sp³-hybridized carbons (Fsp3) is 0.174. The lowest BCUT2D eigenvalue weighted by Gasteiger charge is -2.02. The zero-order valence-corrected chi connectivity index (χ0v) is 16.2. The van der Waals surface area contributed by atoms with Gasteiger partial charge in [-0.15, -0.1) is 0 Å². The number of para-hydroxylation sites is 1. The highest BCUT2D eigenvalue weighted by Gasteiger charge is 2.13. The molecule has 0 spiro atoms. The van der Waals surface area contributed by atoms with Crippen molar-refractivity contribution >= 4 is 5.91 Å². The van der Waals surface area contributed by atoms with Gasteiger partial charge in [-0.1, -0.05) is 53.7 Å². The Morgan fingerprint density at radius 2 is 1.79 bits per heavy atom. The molecule has 0 aliphatic carbocycles. The summed E-state index contributed by atoms with van der Waals surface area (Å²) >= 11 is 0. The highest BCUT2D eigenvalue weighted by atomic mass is 16.5. The lowest BCUT2D eigenvalue weighted by atomic mass is 10.1. The summed E-state index contributed by atoms with van der Waals surface area (Å²) in [7, 11) is 0. The van der Waals surface area contributed by atoms with Crippen LogP contribution in [-0.2, 0) is 6.42 Å². The van der Waals surface area contributed by atoms with Crippen molar-refractivity contribution in [3.8, 4) is 16.9 Å². The van der Waals surface area contributed by atoms with Gasteiger partial charge in [-0.25, -0.2) is 4.68 Å². The second-order valence-electron chi connectivity index (χ2n) is 6.82. The summed E-state index contributed by atoms with van der Waals surface area (Å²) in [6, 6.07) is 21.3. The summed E-state index contributed by atoms with van der Waals surface area (Å²) in [5.41, 5.74) is 4.78. The Labute approximate surface area is 169 Å². The molecule has 0 saturated heterocycles. The van der Waals surface area contributed by atoms with Crippen LogP contribution in [0.2, 0.25) is 0 Å². The normalized spacial score (nSPS) is 10.8. The van der Waals surface area contributed by atoms with E-state index in [2.05, 4.69) is 21.8 Å². The van der Waals surface area contributed by atoms with Crippen LogP contribution in [0.5, 0.6) is 0 Å². The lowest BCUT2D eigenvalue weighted by molar-refractivity contribution is 0.0916. The molecule has 4 rings (SSSR count). The maximum Gasteiger partial charge on any atom is 0.289 e. The van der Waals surface area contributed by atoms with Crippen molar-refractivity contribution in [2.24, 2.45) is 0 Å². The number of hydrogen-bond donors (Lipinski definition) is 1. The molecule has 0 atom stereocenters. The molecule has 4 aromatic rings. The molecule has 0 radical (unpaired) electrons. The van der Waals surface area contributed by atoms with Gasteiger partial charge in [-0.05, 0) is 37.5 Å². The average Bonchev–Trinajstić information content (AvgIpc) is 3.40. The van der Waals surface area contributed by atoms with Gasteiger partial charge in [0.25, 0.3) is 5.91 Å². The first kappa shape index (κ1) is 18.7. The van der Waals surface area contributed by atoms with E-state index in [0.29, 0.717) is 12.2 Å². The number of nitrogens with zero attached hydrogens (tertiary/aromatic N) is 3. The molecule has 6 nitrogen and oxygen atoms in total. The fourth-order valence-corrected chi connectivity index (χ4v) is 3.15. The van der Waals surface area contributed by atoms with Crippen LogP contribution in [0.1, 0.15) is 28.2 Å². The number of carbonyl (C=O) groups excluding carboxylic acids is 1. The summed E-state index contributed by atoms with van der Waals surface area (Å²) in [5, 5.41) is 11.5. The van der Waals surface area contributed by atoms with E-state index >= 15 is 0 Å². The molecule has 2 aromatic carbocycles. The molecule has 2 heterocycles. The van der Waals surface area contributed by atoms with Crippen LogP contribution >= 0.6 is 0 Å². The smallest absolute Gasteiger partial charge is 0.289 e. The number of amides is 1. The molecular formula is C23H22N4O2. The first-order valence-corrected chi connectivity index (χ1v) is 9.61. The molecule has 146 valence electrons. The van der Waals surface area contributed by atoms with Gasteiger partial charge in [0.15, 0.2) is 0 Å². The molecule has 6 heteroatoms. The first-order valence-electron chi connectivity index (χ1n) is 9.61. The Morgan fingerprint density at radius 3 is 2.55 bits per heavy atom. The molecular weight excluding hydrogens is 364 g/mol. The molecule has 2 aromatic heterocycles. The van der Waals surface area contributed by atoms with Crippen molar-refractivity contribution in [3.05, 3.63) is 89.9 Å². The molecule has 1 amide bonds. The minimum Gasteiger partial charge on any atom is -0.350 e. The maximum atomic E-state index is 12.3. The number of benzene rings is 2. The Bertz CT molecular complexity index is 1080. The molecule has 0 saturated carbocycles. The second kappa shape index (κ2) is 8.56. The van der Waals surface area contributed by atoms with Crippen LogP contribution in [0.15, 0.2) is 77.4 Å². The van der Waals surface area contributed by atoms with Gasteiger partial charge < -0.3 is 9.84 Å². The van der Waals surface area contributed by atoms with Crippen LogP contribution in [0.3, 0.4) is 0 Å². The van der Waals surface area contributed by atoms with E-state index in [1.54, 1.807) is 6.07 Å². The summed E-state index contributed by atoms with van der Waals surface area (Å²) in [6.07, 6.45) is 3.70. The highest BCUT2D eigenvalue weighted by Crippen LogP contribution is 2.18. The highest BCUT2D eigenvalue weighted by molar-refractivity contribution is 5.92. The molecule has 0 aliphatic rings. The average molecular weight is 386 g/mol. The third kappa shape index (κ3) is 4.43. The van der Waals surface area contributed by atoms with E-state index in [0.717, 1.165) is 29.8 Å². The van der Waals surface area contributed by atoms with Gasteiger partial charge in [0, 0.05) is 24.4 Å². The first-order chi connectivity index (χ1) is 14.2. The van der Waals surface area contributed by atoms with Gasteiger partial charge in [0.1, 0.15) is 5.69 Å². The largest absolute Gasteiger partial charge is 0.350 e. The molecule has 29 heavy (non-hydrogen) atoms. The van der Waals surface area contributed by atoms with Crippen LogP contribution in [-0.4, -0.2) is 27.4 Å². The van der Waals surface area contributed by atoms with E-state index in [9.17, 15) is 4.79 Å². The lowest BCUT2D eigenvalue weighted by Crippen LogP contribution is -2.24. The van der Waals surface area contributed by atoms with E-state index in [4.69, 9.17) is 4.52 Å². The van der Waals surface area contributed by atoms with Crippen molar-refractivity contribution in [2.75, 3.05) is 6.54 Å². The van der Waals surface area contributed by atoms with Crippen LogP contribution < -0.4 is 5.32 Å². The zero-order chi connectivity index (χ0) is 20.1. The Balaban J connectivity index is 1.29. The van der Waals surface area contributed by atoms with Gasteiger partial charge in [-0.3, -0.25) is 4.79 Å². The molecule has 0 aliphatic heterocycles. The Hall–Kier alpha value is -3.67. The van der Waals surface area contributed by atoms with Crippen molar-refractivity contribution in [2.45, 2.75) is 19.8 Å². The van der Waals surface area contributed by atoms with Crippen LogP contribution in [0.4, 0.5) is 0 Å². The third-order valence-corrected chi connectivity index (χ3v) is 4.73. The van der Waals surface area contributed by atoms with E-state index in [-0.39, 0.29) is 11.7 Å². The number of carbonyl (C=O) groups is 1. The Kier molecular flexibility index (Phi) is 5.52. The number of hydrogen-bond acceptors (Lipinski definition) is 4. The number of nitrogens with one attached hydrogen (secondary N) is 1. The molecule has 0 fully saturated rings. The van der Waals surface area contributed by atoms with Crippen LogP contribution in [0, 0.1) is 6.92 Å². The summed E-state index contributed by atoms with van der Waals surface area (Å²) in [5.74, 6) is -0.0340. The van der Waals surface area contributed by atoms with Gasteiger partial charge in [0.2, 0.25) is 5.76 Å². The summed E-state index contributed by atoms with van der Waals surface area (Å²) in [6.45, 7) is 2.56. The predicted octanol–water partition coefficient (Wildman–Crippen LogP) is 4.20. The topological polar surface area (TPSA) is 73.0 Å². The Morgan fingerprint density at radius 1 is 1.07 bits per heavy atom. The van der Waals surface area contributed by atoms with Crippen molar-refractivity contribution in [1.29, 1.82) is 0 Å². The molecule has 1 N–H and O–H groups in total. The van der Waals surface area contributed by atoms with Gasteiger partial charge in [-0.2, -0.15) is 5.10 Å². The number of rotatable bonds is 7. The SMILES string of the molecule is Cc1nn(-c2ccccc2)cc1CCCNC(=O)c1cc(-c2ccccc2)no1. The standard InChI is InChI=1S/C23H22N4O2/c1-17-19(16-27(25-17)20-12-6-3-7-13-20)11-8-14-24-23(28)22-15-21(26-29-22)18-9-4-2-5-10-18/h2-7,9-10,12-13,15-16H,8,11,14H2,1H3,(H,24,28). The molecule has 0 bridgehead atoms. The minimum atomic E-state index is -0.253. The van der Waals surface area contributed by atoms with Gasteiger partial charge >= 0.3 is 0 Å². The quantitative estimate of drug-likeness (QED) is 0.483. The summed E-state index contributed by atoms with van der Waals surface area (Å²) in [4.78, 5) is 12.3. The van der Waals surface area contributed by atoms with Crippen LogP contribution in [0.25, 0.3) is 16.9 Å².